The summed E-state index contributed by atoms with van der Waals surface area (Å²) in [6, 6.07) is 8.56. The molecule has 158 valence electrons. The highest BCUT2D eigenvalue weighted by Crippen LogP contribution is 2.33. The predicted molar refractivity (Wildman–Crippen MR) is 119 cm³/mol. The van der Waals surface area contributed by atoms with E-state index in [4.69, 9.17) is 4.74 Å². The molecular weight excluding hydrogens is 398 g/mol. The second-order valence-electron chi connectivity index (χ2n) is 7.80. The second kappa shape index (κ2) is 9.10. The van der Waals surface area contributed by atoms with Crippen LogP contribution in [0.1, 0.15) is 41.3 Å². The van der Waals surface area contributed by atoms with Crippen LogP contribution in [0, 0.1) is 6.92 Å². The third kappa shape index (κ3) is 4.47. The van der Waals surface area contributed by atoms with Crippen LogP contribution in [0.4, 0.5) is 0 Å². The third-order valence-corrected chi connectivity index (χ3v) is 6.74. The van der Waals surface area contributed by atoms with E-state index < -0.39 is 0 Å². The SMILES string of the molecule is CCOC(=O)CCNC1CCc2c(sc3ncn(Cc4ccc(C)cc4)c(=O)c23)C1. The summed E-state index contributed by atoms with van der Waals surface area (Å²) >= 11 is 1.63. The molecule has 0 fully saturated rings. The minimum absolute atomic E-state index is 0.0480. The molecule has 1 aromatic carbocycles. The first-order chi connectivity index (χ1) is 14.5. The molecule has 0 radical (unpaired) electrons. The van der Waals surface area contributed by atoms with Gasteiger partial charge in [0.1, 0.15) is 4.83 Å². The van der Waals surface area contributed by atoms with Crippen molar-refractivity contribution in [3.8, 4) is 0 Å². The Hall–Kier alpha value is -2.51. The quantitative estimate of drug-likeness (QED) is 0.589. The minimum atomic E-state index is -0.165. The van der Waals surface area contributed by atoms with Crippen molar-refractivity contribution in [2.45, 2.75) is 52.1 Å². The van der Waals surface area contributed by atoms with Gasteiger partial charge in [-0.3, -0.25) is 14.2 Å². The van der Waals surface area contributed by atoms with Gasteiger partial charge in [-0.1, -0.05) is 29.8 Å². The Morgan fingerprint density at radius 1 is 1.33 bits per heavy atom. The monoisotopic (exact) mass is 425 g/mol. The van der Waals surface area contributed by atoms with Gasteiger partial charge in [0.25, 0.3) is 5.56 Å². The van der Waals surface area contributed by atoms with E-state index in [1.807, 2.05) is 6.92 Å². The van der Waals surface area contributed by atoms with Crippen LogP contribution in [-0.4, -0.2) is 34.7 Å². The Morgan fingerprint density at radius 2 is 2.13 bits per heavy atom. The maximum atomic E-state index is 13.2. The van der Waals surface area contributed by atoms with Crippen LogP contribution in [-0.2, 0) is 28.9 Å². The number of hydrogen-bond acceptors (Lipinski definition) is 6. The molecule has 1 unspecified atom stereocenters. The van der Waals surface area contributed by atoms with Gasteiger partial charge in [-0.2, -0.15) is 0 Å². The minimum Gasteiger partial charge on any atom is -0.466 e. The lowest BCUT2D eigenvalue weighted by Gasteiger charge is -2.23. The van der Waals surface area contributed by atoms with Crippen molar-refractivity contribution in [3.63, 3.8) is 0 Å². The van der Waals surface area contributed by atoms with E-state index in [0.29, 0.717) is 32.2 Å². The maximum Gasteiger partial charge on any atom is 0.307 e. The van der Waals surface area contributed by atoms with Gasteiger partial charge >= 0.3 is 5.97 Å². The van der Waals surface area contributed by atoms with Crippen LogP contribution in [0.3, 0.4) is 0 Å². The average molecular weight is 426 g/mol. The number of benzene rings is 1. The van der Waals surface area contributed by atoms with Crippen LogP contribution < -0.4 is 10.9 Å². The molecule has 1 aliphatic rings. The molecule has 0 amide bonds. The summed E-state index contributed by atoms with van der Waals surface area (Å²) in [7, 11) is 0. The van der Waals surface area contributed by atoms with Crippen molar-refractivity contribution in [2.75, 3.05) is 13.2 Å². The number of carbonyl (C=O) groups excluding carboxylic acids is 1. The van der Waals surface area contributed by atoms with Crippen molar-refractivity contribution in [2.24, 2.45) is 0 Å². The number of ether oxygens (including phenoxy) is 1. The molecular formula is C23H27N3O3S. The number of fused-ring (bicyclic) bond motifs is 3. The van der Waals surface area contributed by atoms with Crippen molar-refractivity contribution in [1.82, 2.24) is 14.9 Å². The van der Waals surface area contributed by atoms with Gasteiger partial charge in [0.05, 0.1) is 31.3 Å². The van der Waals surface area contributed by atoms with E-state index in [2.05, 4.69) is 41.5 Å². The van der Waals surface area contributed by atoms with Gasteiger partial charge in [-0.15, -0.1) is 11.3 Å². The Kier molecular flexibility index (Phi) is 6.29. The molecule has 0 saturated heterocycles. The van der Waals surface area contributed by atoms with E-state index in [1.54, 1.807) is 22.2 Å². The zero-order chi connectivity index (χ0) is 21.1. The Bertz CT molecular complexity index is 1100. The van der Waals surface area contributed by atoms with Crippen molar-refractivity contribution in [1.29, 1.82) is 0 Å². The zero-order valence-corrected chi connectivity index (χ0v) is 18.3. The fraction of sp³-hybridized carbons (Fsp3) is 0.435. The third-order valence-electron chi connectivity index (χ3n) is 5.58. The van der Waals surface area contributed by atoms with E-state index >= 15 is 0 Å². The molecule has 2 aromatic heterocycles. The number of aromatic nitrogens is 2. The van der Waals surface area contributed by atoms with Crippen LogP contribution in [0.25, 0.3) is 10.2 Å². The van der Waals surface area contributed by atoms with Crippen molar-refractivity contribution >= 4 is 27.5 Å². The van der Waals surface area contributed by atoms with Gasteiger partial charge in [0.2, 0.25) is 0 Å². The number of carbonyl (C=O) groups is 1. The average Bonchev–Trinajstić information content (AvgIpc) is 3.10. The first-order valence-electron chi connectivity index (χ1n) is 10.5. The Morgan fingerprint density at radius 3 is 2.90 bits per heavy atom. The number of esters is 1. The van der Waals surface area contributed by atoms with Gasteiger partial charge in [0.15, 0.2) is 0 Å². The lowest BCUT2D eigenvalue weighted by Crippen LogP contribution is -2.35. The molecule has 2 heterocycles. The highest BCUT2D eigenvalue weighted by Gasteiger charge is 2.25. The number of aryl methyl sites for hydroxylation is 2. The summed E-state index contributed by atoms with van der Waals surface area (Å²) in [4.78, 5) is 31.4. The lowest BCUT2D eigenvalue weighted by molar-refractivity contribution is -0.143. The van der Waals surface area contributed by atoms with Gasteiger partial charge in [0, 0.05) is 17.5 Å². The second-order valence-corrected chi connectivity index (χ2v) is 8.88. The molecule has 1 aliphatic carbocycles. The summed E-state index contributed by atoms with van der Waals surface area (Å²) in [5.41, 5.74) is 3.51. The standard InChI is InChI=1S/C23H27N3O3S/c1-3-29-20(27)10-11-24-17-8-9-18-19(12-17)30-22-21(18)23(28)26(14-25-22)13-16-6-4-15(2)5-7-16/h4-7,14,17,24H,3,8-13H2,1-2H3. The van der Waals surface area contributed by atoms with Crippen LogP contribution in [0.2, 0.25) is 0 Å². The summed E-state index contributed by atoms with van der Waals surface area (Å²) in [5.74, 6) is -0.165. The molecule has 6 nitrogen and oxygen atoms in total. The number of rotatable bonds is 7. The van der Waals surface area contributed by atoms with Gasteiger partial charge < -0.3 is 10.1 Å². The summed E-state index contributed by atoms with van der Waals surface area (Å²) in [5, 5.41) is 4.25. The fourth-order valence-corrected chi connectivity index (χ4v) is 5.25. The number of thiophene rings is 1. The number of nitrogens with one attached hydrogen (secondary N) is 1. The molecule has 30 heavy (non-hydrogen) atoms. The highest BCUT2D eigenvalue weighted by atomic mass is 32.1. The largest absolute Gasteiger partial charge is 0.466 e. The molecule has 0 bridgehead atoms. The van der Waals surface area contributed by atoms with Crippen molar-refractivity contribution < 1.29 is 9.53 Å². The van der Waals surface area contributed by atoms with Crippen LogP contribution in [0.5, 0.6) is 0 Å². The summed E-state index contributed by atoms with van der Waals surface area (Å²) < 4.78 is 6.69. The van der Waals surface area contributed by atoms with Crippen LogP contribution >= 0.6 is 11.3 Å². The number of nitrogens with zero attached hydrogens (tertiary/aromatic N) is 2. The Balaban J connectivity index is 1.49. The van der Waals surface area contributed by atoms with Gasteiger partial charge in [-0.25, -0.2) is 4.98 Å². The Labute approximate surface area is 179 Å². The van der Waals surface area contributed by atoms with E-state index in [-0.39, 0.29) is 11.5 Å². The normalized spacial score (nSPS) is 15.9. The first-order valence-corrected chi connectivity index (χ1v) is 11.3. The lowest BCUT2D eigenvalue weighted by atomic mass is 9.93. The van der Waals surface area contributed by atoms with E-state index in [9.17, 15) is 9.59 Å². The molecule has 0 saturated carbocycles. The zero-order valence-electron chi connectivity index (χ0n) is 17.4. The molecule has 0 aliphatic heterocycles. The fourth-order valence-electron chi connectivity index (χ4n) is 3.99. The summed E-state index contributed by atoms with van der Waals surface area (Å²) in [6.07, 6.45) is 4.73. The molecule has 3 aromatic rings. The molecule has 7 heteroatoms. The van der Waals surface area contributed by atoms with E-state index in [0.717, 1.165) is 40.6 Å². The van der Waals surface area contributed by atoms with Crippen LogP contribution in [0.15, 0.2) is 35.4 Å². The van der Waals surface area contributed by atoms with Crippen molar-refractivity contribution in [3.05, 3.63) is 62.5 Å². The molecule has 1 N–H and O–H groups in total. The molecule has 1 atom stereocenters. The summed E-state index contributed by atoms with van der Waals surface area (Å²) in [6.45, 7) is 5.44. The highest BCUT2D eigenvalue weighted by molar-refractivity contribution is 7.18. The number of hydrogen-bond donors (Lipinski definition) is 1. The smallest absolute Gasteiger partial charge is 0.307 e. The predicted octanol–water partition coefficient (Wildman–Crippen LogP) is 3.21. The topological polar surface area (TPSA) is 73.2 Å². The molecule has 0 spiro atoms. The molecule has 4 rings (SSSR count). The van der Waals surface area contributed by atoms with E-state index in [1.165, 1.54) is 10.4 Å². The van der Waals surface area contributed by atoms with Gasteiger partial charge in [-0.05, 0) is 44.2 Å². The maximum absolute atomic E-state index is 13.2. The first kappa shape index (κ1) is 20.8.